The number of rotatable bonds is 7. The lowest BCUT2D eigenvalue weighted by molar-refractivity contribution is 0.146. The van der Waals surface area contributed by atoms with Crippen LogP contribution in [0.25, 0.3) is 0 Å². The summed E-state index contributed by atoms with van der Waals surface area (Å²) >= 11 is 1.80. The van der Waals surface area contributed by atoms with Crippen molar-refractivity contribution in [2.24, 2.45) is 4.99 Å². The summed E-state index contributed by atoms with van der Waals surface area (Å²) in [6, 6.07) is 12.4. The maximum absolute atomic E-state index is 5.69. The second-order valence-corrected chi connectivity index (χ2v) is 7.24. The number of hydrogen-bond acceptors (Lipinski definition) is 5. The first-order valence-electron chi connectivity index (χ1n) is 9.25. The van der Waals surface area contributed by atoms with Crippen LogP contribution in [0.4, 0.5) is 5.00 Å². The normalized spacial score (nSPS) is 14.6. The van der Waals surface area contributed by atoms with E-state index in [1.165, 1.54) is 10.6 Å². The first-order valence-corrected chi connectivity index (χ1v) is 10.1. The van der Waals surface area contributed by atoms with Crippen LogP contribution in [0.3, 0.4) is 0 Å². The lowest BCUT2D eigenvalue weighted by Crippen LogP contribution is -2.52. The molecule has 0 amide bonds. The molecule has 0 atom stereocenters. The van der Waals surface area contributed by atoms with Crippen molar-refractivity contribution >= 4 is 46.3 Å². The standard InChI is InChI=1S/C20H28N4O2S.HI/c1-21-20(24-10-8-23(9-11-24)19-7-4-14-27-19)22-16-17-5-3-6-18(15-17)26-13-12-25-2;/h3-7,14-15H,8-13,16H2,1-2H3,(H,21,22);1H. The van der Waals surface area contributed by atoms with Gasteiger partial charge in [-0.25, -0.2) is 0 Å². The first kappa shape index (κ1) is 22.8. The molecule has 0 spiro atoms. The van der Waals surface area contributed by atoms with Crippen LogP contribution in [-0.4, -0.2) is 64.4 Å². The van der Waals surface area contributed by atoms with Gasteiger partial charge in [0.15, 0.2) is 5.96 Å². The van der Waals surface area contributed by atoms with Gasteiger partial charge >= 0.3 is 0 Å². The van der Waals surface area contributed by atoms with E-state index in [1.807, 2.05) is 19.2 Å². The molecule has 1 aliphatic rings. The Morgan fingerprint density at radius 3 is 2.64 bits per heavy atom. The van der Waals surface area contributed by atoms with E-state index in [0.717, 1.165) is 44.4 Å². The molecule has 1 aliphatic heterocycles. The number of methoxy groups -OCH3 is 1. The lowest BCUT2D eigenvalue weighted by Gasteiger charge is -2.37. The minimum Gasteiger partial charge on any atom is -0.491 e. The van der Waals surface area contributed by atoms with Crippen molar-refractivity contribution in [1.82, 2.24) is 10.2 Å². The van der Waals surface area contributed by atoms with E-state index < -0.39 is 0 Å². The van der Waals surface area contributed by atoms with E-state index in [0.29, 0.717) is 13.2 Å². The fourth-order valence-corrected chi connectivity index (χ4v) is 3.88. The van der Waals surface area contributed by atoms with Gasteiger partial charge in [-0.1, -0.05) is 12.1 Å². The fraction of sp³-hybridized carbons (Fsp3) is 0.450. The van der Waals surface area contributed by atoms with E-state index in [2.05, 4.69) is 49.8 Å². The molecular formula is C20H29IN4O2S. The topological polar surface area (TPSA) is 49.3 Å². The number of piperazine rings is 1. The molecule has 1 saturated heterocycles. The number of thiophene rings is 1. The molecular weight excluding hydrogens is 487 g/mol. The molecule has 6 nitrogen and oxygen atoms in total. The van der Waals surface area contributed by atoms with Gasteiger partial charge in [0.05, 0.1) is 11.6 Å². The van der Waals surface area contributed by atoms with Crippen molar-refractivity contribution in [1.29, 1.82) is 0 Å². The zero-order chi connectivity index (χ0) is 18.9. The summed E-state index contributed by atoms with van der Waals surface area (Å²) in [6.07, 6.45) is 0. The smallest absolute Gasteiger partial charge is 0.194 e. The Labute approximate surface area is 188 Å². The monoisotopic (exact) mass is 516 g/mol. The molecule has 1 aromatic carbocycles. The number of aliphatic imine (C=N–C) groups is 1. The summed E-state index contributed by atoms with van der Waals surface area (Å²) in [5, 5.41) is 6.96. The molecule has 154 valence electrons. The minimum atomic E-state index is 0. The Balaban J connectivity index is 0.00000280. The molecule has 0 unspecified atom stereocenters. The van der Waals surface area contributed by atoms with Crippen molar-refractivity contribution in [3.8, 4) is 5.75 Å². The van der Waals surface area contributed by atoms with Crippen LogP contribution in [0.5, 0.6) is 5.75 Å². The average molecular weight is 516 g/mol. The largest absolute Gasteiger partial charge is 0.491 e. The summed E-state index contributed by atoms with van der Waals surface area (Å²) in [5.41, 5.74) is 1.17. The second kappa shape index (κ2) is 12.1. The molecule has 0 saturated carbocycles. The Bertz CT molecular complexity index is 719. The van der Waals surface area contributed by atoms with Gasteiger partial charge in [-0.05, 0) is 35.2 Å². The van der Waals surface area contributed by atoms with Gasteiger partial charge in [0, 0.05) is 46.9 Å². The number of hydrogen-bond donors (Lipinski definition) is 1. The molecule has 8 heteroatoms. The van der Waals surface area contributed by atoms with Crippen LogP contribution >= 0.6 is 35.3 Å². The highest BCUT2D eigenvalue weighted by atomic mass is 127. The van der Waals surface area contributed by atoms with Crippen LogP contribution in [0.15, 0.2) is 46.8 Å². The third-order valence-corrected chi connectivity index (χ3v) is 5.44. The number of ether oxygens (including phenoxy) is 2. The Morgan fingerprint density at radius 2 is 1.96 bits per heavy atom. The van der Waals surface area contributed by atoms with Crippen LogP contribution in [0.2, 0.25) is 0 Å². The maximum atomic E-state index is 5.69. The van der Waals surface area contributed by atoms with E-state index in [1.54, 1.807) is 18.4 Å². The third kappa shape index (κ3) is 6.52. The fourth-order valence-electron chi connectivity index (χ4n) is 3.09. The van der Waals surface area contributed by atoms with Crippen LogP contribution < -0.4 is 15.0 Å². The highest BCUT2D eigenvalue weighted by Gasteiger charge is 2.20. The van der Waals surface area contributed by atoms with Gasteiger partial charge in [-0.3, -0.25) is 4.99 Å². The van der Waals surface area contributed by atoms with Crippen molar-refractivity contribution in [3.63, 3.8) is 0 Å². The SMILES string of the molecule is CN=C(NCc1cccc(OCCOC)c1)N1CCN(c2cccs2)CC1.I. The van der Waals surface area contributed by atoms with E-state index >= 15 is 0 Å². The van der Waals surface area contributed by atoms with E-state index in [9.17, 15) is 0 Å². The summed E-state index contributed by atoms with van der Waals surface area (Å²) in [5.74, 6) is 1.82. The molecule has 2 aromatic rings. The molecule has 0 radical (unpaired) electrons. The van der Waals surface area contributed by atoms with Crippen LogP contribution in [0, 0.1) is 0 Å². The summed E-state index contributed by atoms with van der Waals surface area (Å²) in [7, 11) is 3.52. The molecule has 0 aliphatic carbocycles. The average Bonchev–Trinajstić information content (AvgIpc) is 3.24. The van der Waals surface area contributed by atoms with Gasteiger partial charge in [0.25, 0.3) is 0 Å². The van der Waals surface area contributed by atoms with Crippen molar-refractivity contribution in [2.45, 2.75) is 6.54 Å². The second-order valence-electron chi connectivity index (χ2n) is 6.31. The zero-order valence-electron chi connectivity index (χ0n) is 16.5. The Hall–Kier alpha value is -1.52. The molecule has 1 aromatic heterocycles. The number of anilines is 1. The molecule has 1 fully saturated rings. The number of nitrogens with one attached hydrogen (secondary N) is 1. The number of nitrogens with zero attached hydrogens (tertiary/aromatic N) is 3. The zero-order valence-corrected chi connectivity index (χ0v) is 19.6. The number of halogens is 1. The molecule has 2 heterocycles. The predicted molar refractivity (Wildman–Crippen MR) is 128 cm³/mol. The third-order valence-electron chi connectivity index (χ3n) is 4.51. The summed E-state index contributed by atoms with van der Waals surface area (Å²) in [4.78, 5) is 9.23. The number of guanidine groups is 1. The van der Waals surface area contributed by atoms with Gasteiger partial charge < -0.3 is 24.6 Å². The van der Waals surface area contributed by atoms with Crippen molar-refractivity contribution in [3.05, 3.63) is 47.3 Å². The summed E-state index contributed by atoms with van der Waals surface area (Å²) in [6.45, 7) is 5.85. The van der Waals surface area contributed by atoms with Gasteiger partial charge in [0.1, 0.15) is 12.4 Å². The van der Waals surface area contributed by atoms with E-state index in [-0.39, 0.29) is 24.0 Å². The first-order chi connectivity index (χ1) is 13.3. The van der Waals surface area contributed by atoms with Gasteiger partial charge in [-0.2, -0.15) is 0 Å². The molecule has 3 rings (SSSR count). The van der Waals surface area contributed by atoms with Crippen LogP contribution in [-0.2, 0) is 11.3 Å². The maximum Gasteiger partial charge on any atom is 0.194 e. The van der Waals surface area contributed by atoms with Gasteiger partial charge in [0.2, 0.25) is 0 Å². The molecule has 0 bridgehead atoms. The lowest BCUT2D eigenvalue weighted by atomic mass is 10.2. The highest BCUT2D eigenvalue weighted by molar-refractivity contribution is 14.0. The highest BCUT2D eigenvalue weighted by Crippen LogP contribution is 2.22. The van der Waals surface area contributed by atoms with E-state index in [4.69, 9.17) is 9.47 Å². The van der Waals surface area contributed by atoms with Gasteiger partial charge in [-0.15, -0.1) is 35.3 Å². The molecule has 1 N–H and O–H groups in total. The Morgan fingerprint density at radius 1 is 1.14 bits per heavy atom. The Kier molecular flexibility index (Phi) is 9.86. The van der Waals surface area contributed by atoms with Crippen LogP contribution in [0.1, 0.15) is 5.56 Å². The van der Waals surface area contributed by atoms with Crippen molar-refractivity contribution in [2.75, 3.05) is 58.5 Å². The molecule has 28 heavy (non-hydrogen) atoms. The quantitative estimate of drug-likeness (QED) is 0.265. The number of benzene rings is 1. The minimum absolute atomic E-state index is 0. The van der Waals surface area contributed by atoms with Crippen molar-refractivity contribution < 1.29 is 9.47 Å². The predicted octanol–water partition coefficient (Wildman–Crippen LogP) is 3.29. The summed E-state index contributed by atoms with van der Waals surface area (Å²) < 4.78 is 10.7.